The molecule has 10 nitrogen and oxygen atoms in total. The molecule has 11 heteroatoms. The number of hydrazine groups is 1. The maximum absolute atomic E-state index is 12.7. The quantitative estimate of drug-likeness (QED) is 0.544. The van der Waals surface area contributed by atoms with Gasteiger partial charge in [-0.3, -0.25) is 20.4 Å². The number of morpholine rings is 1. The summed E-state index contributed by atoms with van der Waals surface area (Å²) in [4.78, 5) is 31.6. The van der Waals surface area contributed by atoms with E-state index in [0.717, 1.165) is 18.2 Å². The third-order valence-electron chi connectivity index (χ3n) is 4.47. The van der Waals surface area contributed by atoms with Gasteiger partial charge < -0.3 is 23.8 Å². The molecule has 2 N–H and O–H groups in total. The van der Waals surface area contributed by atoms with Crippen molar-refractivity contribution in [2.45, 2.75) is 20.8 Å². The number of nitrogens with one attached hydrogen (secondary N) is 2. The largest absolute Gasteiger partial charge is 0.490 e. The highest BCUT2D eigenvalue weighted by atomic mass is 32.1. The second-order valence-corrected chi connectivity index (χ2v) is 7.46. The molecule has 1 fully saturated rings. The van der Waals surface area contributed by atoms with E-state index in [1.165, 1.54) is 11.3 Å². The average molecular weight is 465 g/mol. The van der Waals surface area contributed by atoms with Crippen molar-refractivity contribution in [2.24, 2.45) is 0 Å². The summed E-state index contributed by atoms with van der Waals surface area (Å²) in [5.74, 6) is 0.204. The highest BCUT2D eigenvalue weighted by Gasteiger charge is 2.20. The number of aromatic nitrogens is 1. The smallest absolute Gasteiger partial charge is 0.289 e. The zero-order valence-corrected chi connectivity index (χ0v) is 19.3. The minimum absolute atomic E-state index is 0.230. The molecule has 1 aromatic carbocycles. The van der Waals surface area contributed by atoms with Gasteiger partial charge in [0.2, 0.25) is 5.75 Å². The molecule has 1 aromatic heterocycles. The van der Waals surface area contributed by atoms with Gasteiger partial charge in [0.1, 0.15) is 5.69 Å². The van der Waals surface area contributed by atoms with Crippen molar-refractivity contribution in [2.75, 3.05) is 51.0 Å². The first-order chi connectivity index (χ1) is 15.6. The van der Waals surface area contributed by atoms with Crippen molar-refractivity contribution in [1.29, 1.82) is 0 Å². The van der Waals surface area contributed by atoms with Crippen LogP contribution >= 0.6 is 11.3 Å². The summed E-state index contributed by atoms with van der Waals surface area (Å²) < 4.78 is 22.2. The van der Waals surface area contributed by atoms with Crippen LogP contribution < -0.4 is 30.0 Å². The van der Waals surface area contributed by atoms with Crippen LogP contribution in [0.5, 0.6) is 17.2 Å². The second kappa shape index (κ2) is 11.5. The van der Waals surface area contributed by atoms with Crippen LogP contribution in [0.15, 0.2) is 17.5 Å². The van der Waals surface area contributed by atoms with Crippen LogP contribution in [0, 0.1) is 0 Å². The number of rotatable bonds is 9. The van der Waals surface area contributed by atoms with Gasteiger partial charge in [-0.15, -0.1) is 11.3 Å². The van der Waals surface area contributed by atoms with E-state index >= 15 is 0 Å². The van der Waals surface area contributed by atoms with E-state index in [1.807, 2.05) is 20.8 Å². The fourth-order valence-corrected chi connectivity index (χ4v) is 3.90. The number of hydrogen-bond donors (Lipinski definition) is 2. The Hall–Kier alpha value is -3.05. The van der Waals surface area contributed by atoms with E-state index in [0.29, 0.717) is 50.3 Å². The molecule has 3 rings (SSSR count). The Kier molecular flexibility index (Phi) is 8.51. The van der Waals surface area contributed by atoms with Crippen LogP contribution in [-0.4, -0.2) is 62.9 Å². The van der Waals surface area contributed by atoms with Crippen molar-refractivity contribution in [1.82, 2.24) is 15.8 Å². The molecule has 2 heterocycles. The summed E-state index contributed by atoms with van der Waals surface area (Å²) in [6, 6.07) is 3.11. The van der Waals surface area contributed by atoms with Gasteiger partial charge in [0.05, 0.1) is 33.0 Å². The zero-order chi connectivity index (χ0) is 22.9. The number of anilines is 1. The Morgan fingerprint density at radius 3 is 2.19 bits per heavy atom. The predicted octanol–water partition coefficient (Wildman–Crippen LogP) is 2.25. The molecular formula is C21H28N4O6S. The molecule has 2 aromatic rings. The number of ether oxygens (including phenoxy) is 4. The third-order valence-corrected chi connectivity index (χ3v) is 5.37. The second-order valence-electron chi connectivity index (χ2n) is 6.62. The Balaban J connectivity index is 1.68. The number of carbonyl (C=O) groups excluding carboxylic acids is 2. The van der Waals surface area contributed by atoms with Crippen molar-refractivity contribution >= 4 is 28.3 Å². The summed E-state index contributed by atoms with van der Waals surface area (Å²) >= 11 is 1.37. The maximum Gasteiger partial charge on any atom is 0.289 e. The lowest BCUT2D eigenvalue weighted by molar-refractivity contribution is 0.0844. The third kappa shape index (κ3) is 5.80. The molecular weight excluding hydrogens is 436 g/mol. The minimum atomic E-state index is -0.521. The van der Waals surface area contributed by atoms with Crippen LogP contribution in [0.1, 0.15) is 41.6 Å². The molecule has 0 atom stereocenters. The number of amides is 2. The summed E-state index contributed by atoms with van der Waals surface area (Å²) in [5.41, 5.74) is 5.31. The number of carbonyl (C=O) groups is 2. The van der Waals surface area contributed by atoms with E-state index in [2.05, 4.69) is 20.7 Å². The summed E-state index contributed by atoms with van der Waals surface area (Å²) in [5, 5.41) is 2.41. The summed E-state index contributed by atoms with van der Waals surface area (Å²) in [6.45, 7) is 9.45. The van der Waals surface area contributed by atoms with Gasteiger partial charge in [-0.05, 0) is 32.9 Å². The molecule has 0 radical (unpaired) electrons. The van der Waals surface area contributed by atoms with Crippen molar-refractivity contribution < 1.29 is 28.5 Å². The molecule has 32 heavy (non-hydrogen) atoms. The monoisotopic (exact) mass is 464 g/mol. The number of thiazole rings is 1. The summed E-state index contributed by atoms with van der Waals surface area (Å²) in [6.07, 6.45) is 0. The Labute approximate surface area is 190 Å². The molecule has 0 unspecified atom stereocenters. The lowest BCUT2D eigenvalue weighted by Crippen LogP contribution is -2.42. The first-order valence-corrected chi connectivity index (χ1v) is 11.4. The van der Waals surface area contributed by atoms with Gasteiger partial charge in [0, 0.05) is 24.0 Å². The zero-order valence-electron chi connectivity index (χ0n) is 18.4. The van der Waals surface area contributed by atoms with Gasteiger partial charge in [-0.25, -0.2) is 4.98 Å². The fraction of sp³-hybridized carbons (Fsp3) is 0.476. The van der Waals surface area contributed by atoms with E-state index < -0.39 is 11.8 Å². The van der Waals surface area contributed by atoms with E-state index in [1.54, 1.807) is 17.5 Å². The Morgan fingerprint density at radius 2 is 1.59 bits per heavy atom. The summed E-state index contributed by atoms with van der Waals surface area (Å²) in [7, 11) is 0. The van der Waals surface area contributed by atoms with E-state index in [9.17, 15) is 9.59 Å². The fourth-order valence-electron chi connectivity index (χ4n) is 3.04. The molecule has 174 valence electrons. The van der Waals surface area contributed by atoms with E-state index in [-0.39, 0.29) is 11.3 Å². The molecule has 2 amide bonds. The van der Waals surface area contributed by atoms with Crippen molar-refractivity contribution in [3.05, 3.63) is 28.8 Å². The highest BCUT2D eigenvalue weighted by molar-refractivity contribution is 7.13. The van der Waals surface area contributed by atoms with Gasteiger partial charge in [0.25, 0.3) is 11.8 Å². The molecule has 1 aliphatic heterocycles. The lowest BCUT2D eigenvalue weighted by atomic mass is 10.1. The molecule has 0 bridgehead atoms. The number of nitrogens with zero attached hydrogens (tertiary/aromatic N) is 2. The Morgan fingerprint density at radius 1 is 1.00 bits per heavy atom. The van der Waals surface area contributed by atoms with Gasteiger partial charge in [0.15, 0.2) is 16.6 Å². The van der Waals surface area contributed by atoms with Crippen molar-refractivity contribution in [3.63, 3.8) is 0 Å². The van der Waals surface area contributed by atoms with Gasteiger partial charge in [-0.1, -0.05) is 0 Å². The maximum atomic E-state index is 12.7. The van der Waals surface area contributed by atoms with Crippen LogP contribution in [0.3, 0.4) is 0 Å². The SMILES string of the molecule is CCOc1cc(C(=O)NNC(=O)c2csc(N3CCOCC3)n2)cc(OCC)c1OCC. The molecule has 0 saturated carbocycles. The number of hydrogen-bond acceptors (Lipinski definition) is 9. The number of benzene rings is 1. The predicted molar refractivity (Wildman–Crippen MR) is 120 cm³/mol. The Bertz CT molecular complexity index is 902. The van der Waals surface area contributed by atoms with Crippen LogP contribution in [0.2, 0.25) is 0 Å². The minimum Gasteiger partial charge on any atom is -0.490 e. The first-order valence-electron chi connectivity index (χ1n) is 10.5. The van der Waals surface area contributed by atoms with Gasteiger partial charge >= 0.3 is 0 Å². The average Bonchev–Trinajstić information content (AvgIpc) is 3.30. The van der Waals surface area contributed by atoms with E-state index in [4.69, 9.17) is 18.9 Å². The van der Waals surface area contributed by atoms with Crippen LogP contribution in [0.4, 0.5) is 5.13 Å². The highest BCUT2D eigenvalue weighted by Crippen LogP contribution is 2.39. The van der Waals surface area contributed by atoms with Crippen LogP contribution in [-0.2, 0) is 4.74 Å². The molecule has 1 aliphatic rings. The standard InChI is InChI=1S/C21H28N4O6S/c1-4-29-16-11-14(12-17(30-5-2)18(16)31-6-3)19(26)23-24-20(27)15-13-32-21(22-15)25-7-9-28-10-8-25/h11-13H,4-10H2,1-3H3,(H,23,26)(H,24,27). The van der Waals surface area contributed by atoms with Crippen molar-refractivity contribution in [3.8, 4) is 17.2 Å². The molecule has 0 aliphatic carbocycles. The van der Waals surface area contributed by atoms with Gasteiger partial charge in [-0.2, -0.15) is 0 Å². The first kappa shape index (κ1) is 23.6. The van der Waals surface area contributed by atoms with Crippen LogP contribution in [0.25, 0.3) is 0 Å². The molecule has 1 saturated heterocycles. The molecule has 0 spiro atoms. The normalized spacial score (nSPS) is 13.4. The topological polar surface area (TPSA) is 111 Å². The lowest BCUT2D eigenvalue weighted by Gasteiger charge is -2.25.